The molecule has 0 N–H and O–H groups in total. The number of hydrogen-bond donors (Lipinski definition) is 0. The molecule has 1 heterocycles. The maximum Gasteiger partial charge on any atom is 0.357 e. The molecule has 1 aromatic carbocycles. The van der Waals surface area contributed by atoms with E-state index < -0.39 is 10.9 Å². The van der Waals surface area contributed by atoms with E-state index in [-0.39, 0.29) is 11.4 Å². The number of carbonyl (C=O) groups is 1. The first-order chi connectivity index (χ1) is 9.02. The molecule has 0 amide bonds. The molecular weight excluding hydrogens is 268 g/mol. The van der Waals surface area contributed by atoms with E-state index in [1.54, 1.807) is 19.1 Å². The number of aryl methyl sites for hydroxylation is 1. The summed E-state index contributed by atoms with van der Waals surface area (Å²) in [6.45, 7) is 1.75. The lowest BCUT2D eigenvalue weighted by Gasteiger charge is -1.96. The third-order valence-electron chi connectivity index (χ3n) is 2.48. The normalized spacial score (nSPS) is 10.2. The van der Waals surface area contributed by atoms with E-state index in [0.717, 1.165) is 0 Å². The van der Waals surface area contributed by atoms with Crippen LogP contribution in [0.15, 0.2) is 24.3 Å². The van der Waals surface area contributed by atoms with Crippen molar-refractivity contribution in [3.63, 3.8) is 0 Å². The van der Waals surface area contributed by atoms with Crippen LogP contribution in [-0.2, 0) is 4.74 Å². The number of non-ortho nitro benzene ring substituents is 1. The number of aromatic nitrogens is 1. The minimum atomic E-state index is -0.509. The fraction of sp³-hybridized carbons (Fsp3) is 0.167. The van der Waals surface area contributed by atoms with Gasteiger partial charge in [-0.05, 0) is 6.92 Å². The fourth-order valence-corrected chi connectivity index (χ4v) is 2.46. The van der Waals surface area contributed by atoms with E-state index in [0.29, 0.717) is 15.4 Å². The van der Waals surface area contributed by atoms with E-state index in [9.17, 15) is 14.9 Å². The second-order valence-corrected chi connectivity index (χ2v) is 4.93. The Hall–Kier alpha value is -2.28. The Morgan fingerprint density at radius 3 is 2.84 bits per heavy atom. The van der Waals surface area contributed by atoms with Gasteiger partial charge in [-0.25, -0.2) is 9.78 Å². The van der Waals surface area contributed by atoms with Gasteiger partial charge in [0.1, 0.15) is 5.01 Å². The number of esters is 1. The standard InChI is InChI=1S/C12H10N2O4S/c1-7-10(12(15)18-2)13-11(19-7)8-4-3-5-9(6-8)14(16)17/h3-6H,1-2H3. The zero-order valence-electron chi connectivity index (χ0n) is 10.2. The van der Waals surface area contributed by atoms with Gasteiger partial charge >= 0.3 is 5.97 Å². The van der Waals surface area contributed by atoms with Gasteiger partial charge in [0, 0.05) is 22.6 Å². The number of nitro benzene ring substituents is 1. The molecule has 0 saturated heterocycles. The maximum absolute atomic E-state index is 11.5. The van der Waals surface area contributed by atoms with Crippen LogP contribution >= 0.6 is 11.3 Å². The van der Waals surface area contributed by atoms with Crippen LogP contribution in [0.5, 0.6) is 0 Å². The van der Waals surface area contributed by atoms with Crippen LogP contribution in [0.2, 0.25) is 0 Å². The van der Waals surface area contributed by atoms with Crippen molar-refractivity contribution in [3.05, 3.63) is 45.0 Å². The number of benzene rings is 1. The fourth-order valence-electron chi connectivity index (χ4n) is 1.56. The van der Waals surface area contributed by atoms with Crippen molar-refractivity contribution >= 4 is 23.0 Å². The van der Waals surface area contributed by atoms with Crippen molar-refractivity contribution < 1.29 is 14.5 Å². The van der Waals surface area contributed by atoms with Crippen molar-refractivity contribution in [2.75, 3.05) is 7.11 Å². The topological polar surface area (TPSA) is 82.3 Å². The van der Waals surface area contributed by atoms with Crippen molar-refractivity contribution in [3.8, 4) is 10.6 Å². The summed E-state index contributed by atoms with van der Waals surface area (Å²) in [6.07, 6.45) is 0. The first kappa shape index (κ1) is 13.2. The average molecular weight is 278 g/mol. The van der Waals surface area contributed by atoms with Crippen molar-refractivity contribution in [1.29, 1.82) is 0 Å². The van der Waals surface area contributed by atoms with E-state index in [1.165, 1.54) is 30.6 Å². The first-order valence-corrected chi connectivity index (χ1v) is 6.15. The molecule has 19 heavy (non-hydrogen) atoms. The highest BCUT2D eigenvalue weighted by molar-refractivity contribution is 7.15. The van der Waals surface area contributed by atoms with Gasteiger partial charge in [-0.1, -0.05) is 12.1 Å². The zero-order chi connectivity index (χ0) is 14.0. The molecular formula is C12H10N2O4S. The molecule has 0 unspecified atom stereocenters. The van der Waals surface area contributed by atoms with E-state index >= 15 is 0 Å². The number of nitrogens with zero attached hydrogens (tertiary/aromatic N) is 2. The maximum atomic E-state index is 11.5. The summed E-state index contributed by atoms with van der Waals surface area (Å²) in [5.74, 6) is -0.509. The highest BCUT2D eigenvalue weighted by atomic mass is 32.1. The van der Waals surface area contributed by atoms with Crippen LogP contribution < -0.4 is 0 Å². The quantitative estimate of drug-likeness (QED) is 0.490. The second kappa shape index (κ2) is 5.15. The average Bonchev–Trinajstić information content (AvgIpc) is 2.80. The van der Waals surface area contributed by atoms with Crippen LogP contribution in [-0.4, -0.2) is 23.0 Å². The largest absolute Gasteiger partial charge is 0.464 e. The minimum Gasteiger partial charge on any atom is -0.464 e. The molecule has 7 heteroatoms. The number of rotatable bonds is 3. The molecule has 0 spiro atoms. The van der Waals surface area contributed by atoms with Gasteiger partial charge in [0.15, 0.2) is 5.69 Å². The first-order valence-electron chi connectivity index (χ1n) is 5.33. The van der Waals surface area contributed by atoms with Crippen LogP contribution in [0.25, 0.3) is 10.6 Å². The Kier molecular flexibility index (Phi) is 3.57. The summed E-state index contributed by atoms with van der Waals surface area (Å²) in [4.78, 5) is 26.6. The van der Waals surface area contributed by atoms with E-state index in [1.807, 2.05) is 0 Å². The molecule has 98 valence electrons. The summed E-state index contributed by atoms with van der Waals surface area (Å²) in [5.41, 5.74) is 0.844. The third kappa shape index (κ3) is 2.60. The van der Waals surface area contributed by atoms with Gasteiger partial charge in [0.2, 0.25) is 0 Å². The molecule has 2 aromatic rings. The molecule has 0 aliphatic rings. The van der Waals surface area contributed by atoms with Gasteiger partial charge < -0.3 is 4.74 Å². The summed E-state index contributed by atoms with van der Waals surface area (Å²) in [7, 11) is 1.29. The van der Waals surface area contributed by atoms with Crippen LogP contribution in [0, 0.1) is 17.0 Å². The van der Waals surface area contributed by atoms with Gasteiger partial charge in [-0.15, -0.1) is 11.3 Å². The molecule has 0 atom stereocenters. The second-order valence-electron chi connectivity index (χ2n) is 3.72. The van der Waals surface area contributed by atoms with Crippen LogP contribution in [0.1, 0.15) is 15.4 Å². The summed E-state index contributed by atoms with van der Waals surface area (Å²) < 4.78 is 4.63. The predicted molar refractivity (Wildman–Crippen MR) is 70.3 cm³/mol. The molecule has 0 radical (unpaired) electrons. The highest BCUT2D eigenvalue weighted by Crippen LogP contribution is 2.29. The Balaban J connectivity index is 2.45. The zero-order valence-corrected chi connectivity index (χ0v) is 11.1. The molecule has 0 bridgehead atoms. The number of thiazole rings is 1. The number of nitro groups is 1. The molecule has 0 aliphatic carbocycles. The predicted octanol–water partition coefficient (Wildman–Crippen LogP) is 2.81. The summed E-state index contributed by atoms with van der Waals surface area (Å²) in [5, 5.41) is 11.3. The van der Waals surface area contributed by atoms with Gasteiger partial charge in [0.25, 0.3) is 5.69 Å². The summed E-state index contributed by atoms with van der Waals surface area (Å²) in [6, 6.07) is 6.14. The van der Waals surface area contributed by atoms with E-state index in [2.05, 4.69) is 9.72 Å². The molecule has 6 nitrogen and oxygen atoms in total. The lowest BCUT2D eigenvalue weighted by atomic mass is 10.2. The Bertz CT molecular complexity index is 651. The summed E-state index contributed by atoms with van der Waals surface area (Å²) >= 11 is 1.30. The number of ether oxygens (including phenoxy) is 1. The van der Waals surface area contributed by atoms with E-state index in [4.69, 9.17) is 0 Å². The third-order valence-corrected chi connectivity index (χ3v) is 3.50. The molecule has 2 rings (SSSR count). The van der Waals surface area contributed by atoms with Crippen molar-refractivity contribution in [2.45, 2.75) is 6.92 Å². The Labute approximate surface area is 112 Å². The molecule has 0 saturated carbocycles. The van der Waals surface area contributed by atoms with Gasteiger partial charge in [-0.2, -0.15) is 0 Å². The molecule has 0 aliphatic heterocycles. The van der Waals surface area contributed by atoms with Crippen LogP contribution in [0.3, 0.4) is 0 Å². The Morgan fingerprint density at radius 2 is 2.21 bits per heavy atom. The number of carbonyl (C=O) groups excluding carboxylic acids is 1. The molecule has 1 aromatic heterocycles. The smallest absolute Gasteiger partial charge is 0.357 e. The van der Waals surface area contributed by atoms with Crippen LogP contribution in [0.4, 0.5) is 5.69 Å². The lowest BCUT2D eigenvalue weighted by molar-refractivity contribution is -0.384. The monoisotopic (exact) mass is 278 g/mol. The SMILES string of the molecule is COC(=O)c1nc(-c2cccc([N+](=O)[O-])c2)sc1C. The molecule has 0 fully saturated rings. The highest BCUT2D eigenvalue weighted by Gasteiger charge is 2.17. The number of hydrogen-bond acceptors (Lipinski definition) is 6. The van der Waals surface area contributed by atoms with Crippen molar-refractivity contribution in [2.24, 2.45) is 0 Å². The van der Waals surface area contributed by atoms with Gasteiger partial charge in [-0.3, -0.25) is 10.1 Å². The lowest BCUT2D eigenvalue weighted by Crippen LogP contribution is -2.03. The number of methoxy groups -OCH3 is 1. The Morgan fingerprint density at radius 1 is 1.47 bits per heavy atom. The minimum absolute atomic E-state index is 0.00929. The van der Waals surface area contributed by atoms with Crippen molar-refractivity contribution in [1.82, 2.24) is 4.98 Å². The van der Waals surface area contributed by atoms with Gasteiger partial charge in [0.05, 0.1) is 12.0 Å².